The van der Waals surface area contributed by atoms with E-state index in [9.17, 15) is 4.79 Å². The SMILES string of the molecule is O=C(c1ccncc1)N1CCCN(C2=c3cc[nH]c3=NC=CCC2)CC12CC2. The predicted molar refractivity (Wildman–Crippen MR) is 107 cm³/mol. The Morgan fingerprint density at radius 3 is 2.82 bits per heavy atom. The van der Waals surface area contributed by atoms with Crippen molar-refractivity contribution in [3.05, 3.63) is 65.3 Å². The van der Waals surface area contributed by atoms with Crippen LogP contribution in [0.2, 0.25) is 0 Å². The van der Waals surface area contributed by atoms with E-state index in [1.165, 1.54) is 10.9 Å². The van der Waals surface area contributed by atoms with Crippen LogP contribution in [0.4, 0.5) is 0 Å². The number of pyridine rings is 1. The van der Waals surface area contributed by atoms with Crippen molar-refractivity contribution in [2.75, 3.05) is 19.6 Å². The fraction of sp³-hybridized carbons (Fsp3) is 0.409. The predicted octanol–water partition coefficient (Wildman–Crippen LogP) is 1.83. The highest BCUT2D eigenvalue weighted by Crippen LogP contribution is 2.45. The Morgan fingerprint density at radius 1 is 1.14 bits per heavy atom. The minimum atomic E-state index is -0.0321. The first-order valence-electron chi connectivity index (χ1n) is 10.1. The summed E-state index contributed by atoms with van der Waals surface area (Å²) in [5, 5.41) is 1.20. The van der Waals surface area contributed by atoms with Crippen molar-refractivity contribution in [2.45, 2.75) is 37.6 Å². The number of H-pyrrole nitrogens is 1. The first-order valence-corrected chi connectivity index (χ1v) is 10.1. The molecule has 2 aromatic heterocycles. The van der Waals surface area contributed by atoms with Crippen molar-refractivity contribution in [3.63, 3.8) is 0 Å². The Hall–Kier alpha value is -2.89. The molecule has 3 aliphatic rings. The number of aromatic nitrogens is 2. The molecular weight excluding hydrogens is 350 g/mol. The Balaban J connectivity index is 1.48. The molecule has 0 aromatic carbocycles. The van der Waals surface area contributed by atoms with Crippen LogP contribution in [0, 0.1) is 0 Å². The van der Waals surface area contributed by atoms with E-state index in [1.807, 2.05) is 24.5 Å². The van der Waals surface area contributed by atoms with E-state index in [2.05, 4.69) is 36.9 Å². The third-order valence-corrected chi connectivity index (χ3v) is 6.14. The van der Waals surface area contributed by atoms with Gasteiger partial charge in [-0.15, -0.1) is 0 Å². The molecule has 1 spiro atoms. The first kappa shape index (κ1) is 17.2. The van der Waals surface area contributed by atoms with E-state index in [-0.39, 0.29) is 11.4 Å². The van der Waals surface area contributed by atoms with Crippen LogP contribution in [0.5, 0.6) is 0 Å². The van der Waals surface area contributed by atoms with Crippen LogP contribution >= 0.6 is 0 Å². The molecule has 0 unspecified atom stereocenters. The number of hydrogen-bond acceptors (Lipinski definition) is 4. The van der Waals surface area contributed by atoms with Crippen molar-refractivity contribution >= 4 is 11.6 Å². The highest BCUT2D eigenvalue weighted by atomic mass is 16.2. The van der Waals surface area contributed by atoms with Crippen molar-refractivity contribution in [1.82, 2.24) is 19.8 Å². The number of amides is 1. The van der Waals surface area contributed by atoms with Crippen molar-refractivity contribution < 1.29 is 4.79 Å². The number of carbonyl (C=O) groups excluding carboxylic acids is 1. The number of carbonyl (C=O) groups is 1. The normalized spacial score (nSPS) is 20.8. The van der Waals surface area contributed by atoms with Crippen LogP contribution in [0.1, 0.15) is 42.5 Å². The summed E-state index contributed by atoms with van der Waals surface area (Å²) in [5.74, 6) is 0.143. The van der Waals surface area contributed by atoms with Crippen molar-refractivity contribution in [3.8, 4) is 0 Å². The van der Waals surface area contributed by atoms with E-state index in [4.69, 9.17) is 0 Å². The average molecular weight is 375 g/mol. The van der Waals surface area contributed by atoms with Crippen LogP contribution in [-0.2, 0) is 0 Å². The molecule has 5 rings (SSSR count). The largest absolute Gasteiger partial charge is 0.372 e. The number of rotatable bonds is 2. The number of hydrogen-bond donors (Lipinski definition) is 1. The highest BCUT2D eigenvalue weighted by Gasteiger charge is 2.52. The van der Waals surface area contributed by atoms with Gasteiger partial charge < -0.3 is 14.8 Å². The Labute approximate surface area is 164 Å². The van der Waals surface area contributed by atoms with Crippen LogP contribution in [0.25, 0.3) is 5.70 Å². The van der Waals surface area contributed by atoms with E-state index < -0.39 is 0 Å². The lowest BCUT2D eigenvalue weighted by Gasteiger charge is -2.34. The average Bonchev–Trinajstić information content (AvgIpc) is 3.39. The summed E-state index contributed by atoms with van der Waals surface area (Å²) in [6.45, 7) is 2.70. The fourth-order valence-electron chi connectivity index (χ4n) is 4.53. The van der Waals surface area contributed by atoms with Gasteiger partial charge in [-0.05, 0) is 50.3 Å². The Morgan fingerprint density at radius 2 is 2.00 bits per heavy atom. The van der Waals surface area contributed by atoms with E-state index >= 15 is 0 Å². The molecule has 2 aliphatic heterocycles. The first-order chi connectivity index (χ1) is 13.8. The van der Waals surface area contributed by atoms with Gasteiger partial charge in [0.1, 0.15) is 5.49 Å². The number of allylic oxidation sites excluding steroid dienone is 1. The molecule has 1 aliphatic carbocycles. The minimum Gasteiger partial charge on any atom is -0.372 e. The molecule has 28 heavy (non-hydrogen) atoms. The monoisotopic (exact) mass is 375 g/mol. The topological polar surface area (TPSA) is 64.6 Å². The van der Waals surface area contributed by atoms with E-state index in [0.717, 1.165) is 62.8 Å². The van der Waals surface area contributed by atoms with Crippen LogP contribution in [0.15, 0.2) is 54.1 Å². The van der Waals surface area contributed by atoms with E-state index in [0.29, 0.717) is 0 Å². The zero-order valence-electron chi connectivity index (χ0n) is 16.0. The number of fused-ring (bicyclic) bond motifs is 1. The molecule has 6 heteroatoms. The van der Waals surface area contributed by atoms with Gasteiger partial charge in [-0.1, -0.05) is 6.08 Å². The summed E-state index contributed by atoms with van der Waals surface area (Å²) >= 11 is 0. The number of nitrogens with zero attached hydrogens (tertiary/aromatic N) is 4. The molecule has 1 saturated carbocycles. The summed E-state index contributed by atoms with van der Waals surface area (Å²) < 4.78 is 0. The quantitative estimate of drug-likeness (QED) is 0.871. The van der Waals surface area contributed by atoms with Crippen molar-refractivity contribution in [1.29, 1.82) is 0 Å². The van der Waals surface area contributed by atoms with Gasteiger partial charge in [0.25, 0.3) is 5.91 Å². The zero-order valence-corrected chi connectivity index (χ0v) is 16.0. The Kier molecular flexibility index (Phi) is 4.26. The molecule has 1 amide bonds. The number of nitrogens with one attached hydrogen (secondary N) is 1. The van der Waals surface area contributed by atoms with Gasteiger partial charge in [0.2, 0.25) is 0 Å². The second-order valence-electron chi connectivity index (χ2n) is 7.93. The molecular formula is C22H25N5O. The molecule has 0 radical (unpaired) electrons. The van der Waals surface area contributed by atoms with E-state index in [1.54, 1.807) is 12.4 Å². The van der Waals surface area contributed by atoms with Crippen LogP contribution in [-0.4, -0.2) is 50.8 Å². The second-order valence-corrected chi connectivity index (χ2v) is 7.93. The van der Waals surface area contributed by atoms with Gasteiger partial charge in [0, 0.05) is 60.9 Å². The van der Waals surface area contributed by atoms with Gasteiger partial charge in [0.15, 0.2) is 0 Å². The molecule has 1 N–H and O–H groups in total. The lowest BCUT2D eigenvalue weighted by molar-refractivity contribution is 0.0654. The summed E-state index contributed by atoms with van der Waals surface area (Å²) in [7, 11) is 0. The molecule has 0 atom stereocenters. The maximum Gasteiger partial charge on any atom is 0.254 e. The molecule has 4 heterocycles. The number of aromatic amines is 1. The summed E-state index contributed by atoms with van der Waals surface area (Å²) in [5.41, 5.74) is 3.00. The third kappa shape index (κ3) is 3.03. The molecule has 6 nitrogen and oxygen atoms in total. The second kappa shape index (κ2) is 6.93. The maximum atomic E-state index is 13.2. The van der Waals surface area contributed by atoms with Crippen molar-refractivity contribution in [2.24, 2.45) is 4.99 Å². The molecule has 1 saturated heterocycles. The van der Waals surface area contributed by atoms with Gasteiger partial charge in [-0.25, -0.2) is 4.99 Å². The van der Waals surface area contributed by atoms with Gasteiger partial charge in [0.05, 0.1) is 5.54 Å². The summed E-state index contributed by atoms with van der Waals surface area (Å²) in [4.78, 5) is 29.7. The Bertz CT molecular complexity index is 1020. The smallest absolute Gasteiger partial charge is 0.254 e. The zero-order chi connectivity index (χ0) is 19.0. The summed E-state index contributed by atoms with van der Waals surface area (Å²) in [6, 6.07) is 5.78. The lowest BCUT2D eigenvalue weighted by atomic mass is 10.1. The third-order valence-electron chi connectivity index (χ3n) is 6.14. The molecule has 0 bridgehead atoms. The van der Waals surface area contributed by atoms with Gasteiger partial charge in [-0.2, -0.15) is 0 Å². The van der Waals surface area contributed by atoms with Crippen LogP contribution < -0.4 is 10.7 Å². The fourth-order valence-corrected chi connectivity index (χ4v) is 4.53. The van der Waals surface area contributed by atoms with Gasteiger partial charge in [-0.3, -0.25) is 9.78 Å². The highest BCUT2D eigenvalue weighted by molar-refractivity contribution is 5.95. The van der Waals surface area contributed by atoms with Gasteiger partial charge >= 0.3 is 0 Å². The maximum absolute atomic E-state index is 13.2. The lowest BCUT2D eigenvalue weighted by Crippen LogP contribution is -2.47. The summed E-state index contributed by atoms with van der Waals surface area (Å²) in [6.07, 6.45) is 14.5. The molecule has 144 valence electrons. The molecule has 2 aromatic rings. The van der Waals surface area contributed by atoms with Crippen LogP contribution in [0.3, 0.4) is 0 Å². The standard InChI is InChI=1S/C22H25N5O/c28-21(17-5-11-23-12-6-17)27-15-3-14-26(16-22(27)8-9-22)19-4-1-2-10-24-20-18(19)7-13-25-20/h2,5-7,10-13H,1,3-4,8-9,14-16H2,(H,24,25). The minimum absolute atomic E-state index is 0.0321. The molecule has 2 fully saturated rings.